The van der Waals surface area contributed by atoms with Gasteiger partial charge in [0, 0.05) is 18.3 Å². The molecule has 0 spiro atoms. The standard InChI is InChI=1S/C16H24N2O2/c1-11-6-5-7-12(2)16(11)17-15(19)9-18-8-14(4)20-10-13(18)3/h5-7,13-14H,8-10H2,1-4H3,(H,17,19). The molecule has 1 aliphatic heterocycles. The average Bonchev–Trinajstić information content (AvgIpc) is 2.38. The van der Waals surface area contributed by atoms with Crippen LogP contribution in [0.2, 0.25) is 0 Å². The number of benzene rings is 1. The highest BCUT2D eigenvalue weighted by atomic mass is 16.5. The highest BCUT2D eigenvalue weighted by molar-refractivity contribution is 5.93. The van der Waals surface area contributed by atoms with Gasteiger partial charge in [-0.2, -0.15) is 0 Å². The zero-order chi connectivity index (χ0) is 14.7. The van der Waals surface area contributed by atoms with Crippen molar-refractivity contribution in [3.63, 3.8) is 0 Å². The van der Waals surface area contributed by atoms with Crippen LogP contribution >= 0.6 is 0 Å². The molecule has 1 aromatic carbocycles. The van der Waals surface area contributed by atoms with Gasteiger partial charge in [-0.3, -0.25) is 9.69 Å². The van der Waals surface area contributed by atoms with Gasteiger partial charge in [-0.25, -0.2) is 0 Å². The quantitative estimate of drug-likeness (QED) is 0.921. The number of para-hydroxylation sites is 1. The van der Waals surface area contributed by atoms with Crippen molar-refractivity contribution in [2.75, 3.05) is 25.0 Å². The Morgan fingerprint density at radius 1 is 1.35 bits per heavy atom. The summed E-state index contributed by atoms with van der Waals surface area (Å²) in [4.78, 5) is 14.4. The SMILES string of the molecule is Cc1cccc(C)c1NC(=O)CN1CC(C)OCC1C. The summed E-state index contributed by atoms with van der Waals surface area (Å²) in [6.45, 7) is 10.1. The van der Waals surface area contributed by atoms with Crippen molar-refractivity contribution in [3.05, 3.63) is 29.3 Å². The van der Waals surface area contributed by atoms with E-state index in [1.807, 2.05) is 39.0 Å². The number of amides is 1. The van der Waals surface area contributed by atoms with Crippen LogP contribution in [0.1, 0.15) is 25.0 Å². The van der Waals surface area contributed by atoms with Crippen LogP contribution in [0.3, 0.4) is 0 Å². The van der Waals surface area contributed by atoms with E-state index in [2.05, 4.69) is 17.1 Å². The van der Waals surface area contributed by atoms with Gasteiger partial charge in [0.05, 0.1) is 19.3 Å². The van der Waals surface area contributed by atoms with E-state index < -0.39 is 0 Å². The Kier molecular flexibility index (Phi) is 4.78. The lowest BCUT2D eigenvalue weighted by Crippen LogP contribution is -2.50. The van der Waals surface area contributed by atoms with Gasteiger partial charge in [-0.1, -0.05) is 18.2 Å². The first kappa shape index (κ1) is 15.0. The Morgan fingerprint density at radius 2 is 2.00 bits per heavy atom. The van der Waals surface area contributed by atoms with Gasteiger partial charge in [0.25, 0.3) is 0 Å². The third kappa shape index (κ3) is 3.58. The van der Waals surface area contributed by atoms with Crippen molar-refractivity contribution in [1.29, 1.82) is 0 Å². The summed E-state index contributed by atoms with van der Waals surface area (Å²) in [7, 11) is 0. The molecule has 0 bridgehead atoms. The summed E-state index contributed by atoms with van der Waals surface area (Å²) in [6.07, 6.45) is 0.194. The second-order valence-electron chi connectivity index (χ2n) is 5.74. The lowest BCUT2D eigenvalue weighted by atomic mass is 10.1. The van der Waals surface area contributed by atoms with Crippen LogP contribution in [0.5, 0.6) is 0 Å². The Balaban J connectivity index is 1.98. The fourth-order valence-electron chi connectivity index (χ4n) is 2.57. The molecule has 1 N–H and O–H groups in total. The summed E-state index contributed by atoms with van der Waals surface area (Å²) in [5, 5.41) is 3.04. The maximum atomic E-state index is 12.2. The molecule has 4 nitrogen and oxygen atoms in total. The molecule has 1 saturated heterocycles. The number of hydrogen-bond acceptors (Lipinski definition) is 3. The first-order chi connectivity index (χ1) is 9.47. The number of carbonyl (C=O) groups is 1. The molecule has 1 aromatic rings. The highest BCUT2D eigenvalue weighted by Gasteiger charge is 2.25. The van der Waals surface area contributed by atoms with Gasteiger partial charge >= 0.3 is 0 Å². The smallest absolute Gasteiger partial charge is 0.238 e. The van der Waals surface area contributed by atoms with Crippen molar-refractivity contribution in [3.8, 4) is 0 Å². The number of hydrogen-bond donors (Lipinski definition) is 1. The van der Waals surface area contributed by atoms with Gasteiger partial charge in [0.15, 0.2) is 0 Å². The molecular weight excluding hydrogens is 252 g/mol. The van der Waals surface area contributed by atoms with E-state index in [1.165, 1.54) is 0 Å². The van der Waals surface area contributed by atoms with Crippen LogP contribution in [-0.2, 0) is 9.53 Å². The predicted molar refractivity (Wildman–Crippen MR) is 81.0 cm³/mol. The summed E-state index contributed by atoms with van der Waals surface area (Å²) in [5.41, 5.74) is 3.13. The van der Waals surface area contributed by atoms with E-state index in [9.17, 15) is 4.79 Å². The first-order valence-electron chi connectivity index (χ1n) is 7.19. The van der Waals surface area contributed by atoms with Crippen molar-refractivity contribution in [1.82, 2.24) is 4.90 Å². The van der Waals surface area contributed by atoms with Crippen molar-refractivity contribution < 1.29 is 9.53 Å². The number of carbonyl (C=O) groups excluding carboxylic acids is 1. The number of nitrogens with one attached hydrogen (secondary N) is 1. The summed E-state index contributed by atoms with van der Waals surface area (Å²) < 4.78 is 5.59. The third-order valence-corrected chi connectivity index (χ3v) is 3.83. The minimum Gasteiger partial charge on any atom is -0.376 e. The molecule has 1 aliphatic rings. The normalized spacial score (nSPS) is 23.6. The van der Waals surface area contributed by atoms with E-state index in [-0.39, 0.29) is 18.1 Å². The van der Waals surface area contributed by atoms with Crippen LogP contribution in [0, 0.1) is 13.8 Å². The summed E-state index contributed by atoms with van der Waals surface area (Å²) in [6, 6.07) is 6.32. The van der Waals surface area contributed by atoms with Gasteiger partial charge in [-0.05, 0) is 38.8 Å². The molecular formula is C16H24N2O2. The van der Waals surface area contributed by atoms with E-state index in [0.717, 1.165) is 23.4 Å². The third-order valence-electron chi connectivity index (χ3n) is 3.83. The minimum absolute atomic E-state index is 0.0448. The van der Waals surface area contributed by atoms with Gasteiger partial charge in [0.1, 0.15) is 0 Å². The van der Waals surface area contributed by atoms with Crippen LogP contribution in [0.25, 0.3) is 0 Å². The highest BCUT2D eigenvalue weighted by Crippen LogP contribution is 2.19. The Bertz CT molecular complexity index is 467. The Morgan fingerprint density at radius 3 is 2.65 bits per heavy atom. The molecule has 0 aromatic heterocycles. The van der Waals surface area contributed by atoms with Crippen LogP contribution in [0.4, 0.5) is 5.69 Å². The monoisotopic (exact) mass is 276 g/mol. The van der Waals surface area contributed by atoms with Gasteiger partial charge < -0.3 is 10.1 Å². The fraction of sp³-hybridized carbons (Fsp3) is 0.562. The molecule has 0 aliphatic carbocycles. The predicted octanol–water partition coefficient (Wildman–Crippen LogP) is 2.35. The van der Waals surface area contributed by atoms with Crippen molar-refractivity contribution >= 4 is 11.6 Å². The van der Waals surface area contributed by atoms with Crippen molar-refractivity contribution in [2.24, 2.45) is 0 Å². The number of rotatable bonds is 3. The largest absolute Gasteiger partial charge is 0.376 e. The molecule has 2 rings (SSSR count). The fourth-order valence-corrected chi connectivity index (χ4v) is 2.57. The summed E-state index contributed by atoms with van der Waals surface area (Å²) in [5.74, 6) is 0.0448. The molecule has 1 heterocycles. The number of morpholine rings is 1. The lowest BCUT2D eigenvalue weighted by Gasteiger charge is -2.36. The van der Waals surface area contributed by atoms with Gasteiger partial charge in [-0.15, -0.1) is 0 Å². The first-order valence-corrected chi connectivity index (χ1v) is 7.19. The second-order valence-corrected chi connectivity index (χ2v) is 5.74. The topological polar surface area (TPSA) is 41.6 Å². The lowest BCUT2D eigenvalue weighted by molar-refractivity contribution is -0.121. The van der Waals surface area contributed by atoms with E-state index in [4.69, 9.17) is 4.74 Å². The number of anilines is 1. The van der Waals surface area contributed by atoms with Gasteiger partial charge in [0.2, 0.25) is 5.91 Å². The Labute approximate surface area is 121 Å². The molecule has 0 saturated carbocycles. The molecule has 110 valence electrons. The van der Waals surface area contributed by atoms with Crippen LogP contribution < -0.4 is 5.32 Å². The molecule has 2 atom stereocenters. The van der Waals surface area contributed by atoms with Crippen molar-refractivity contribution in [2.45, 2.75) is 39.8 Å². The Hall–Kier alpha value is -1.39. The van der Waals surface area contributed by atoms with E-state index in [0.29, 0.717) is 13.2 Å². The maximum absolute atomic E-state index is 12.2. The molecule has 1 fully saturated rings. The van der Waals surface area contributed by atoms with Crippen LogP contribution in [0.15, 0.2) is 18.2 Å². The van der Waals surface area contributed by atoms with E-state index in [1.54, 1.807) is 0 Å². The minimum atomic E-state index is 0.0448. The molecule has 20 heavy (non-hydrogen) atoms. The zero-order valence-electron chi connectivity index (χ0n) is 12.8. The maximum Gasteiger partial charge on any atom is 0.238 e. The molecule has 1 amide bonds. The van der Waals surface area contributed by atoms with E-state index >= 15 is 0 Å². The average molecular weight is 276 g/mol. The summed E-state index contributed by atoms with van der Waals surface area (Å²) >= 11 is 0. The number of aryl methyl sites for hydroxylation is 2. The second kappa shape index (κ2) is 6.37. The molecule has 4 heteroatoms. The number of nitrogens with zero attached hydrogens (tertiary/aromatic N) is 1. The van der Waals surface area contributed by atoms with Crippen LogP contribution in [-0.4, -0.2) is 42.6 Å². The number of ether oxygens (including phenoxy) is 1. The molecule has 0 radical (unpaired) electrons. The molecule has 2 unspecified atom stereocenters. The zero-order valence-corrected chi connectivity index (χ0v) is 12.8.